The Balaban J connectivity index is 2.20. The van der Waals surface area contributed by atoms with Gasteiger partial charge in [0, 0.05) is 21.8 Å². The maximum absolute atomic E-state index is 11.5. The molecule has 1 fully saturated rings. The van der Waals surface area contributed by atoms with Gasteiger partial charge in [0.15, 0.2) is 0 Å². The summed E-state index contributed by atoms with van der Waals surface area (Å²) in [5.74, 6) is -1.54. The molecule has 2 heterocycles. The zero-order chi connectivity index (χ0) is 11.9. The highest BCUT2D eigenvalue weighted by Crippen LogP contribution is 2.23. The van der Waals surface area contributed by atoms with Gasteiger partial charge < -0.3 is 0 Å². The summed E-state index contributed by atoms with van der Waals surface area (Å²) in [6.07, 6.45) is 0. The van der Waals surface area contributed by atoms with Crippen LogP contribution in [0.1, 0.15) is 4.88 Å². The van der Waals surface area contributed by atoms with Crippen LogP contribution in [0.2, 0.25) is 0 Å². The molecule has 0 aliphatic carbocycles. The summed E-state index contributed by atoms with van der Waals surface area (Å²) in [5, 5.41) is 1.85. The molecule has 1 aliphatic heterocycles. The van der Waals surface area contributed by atoms with Crippen molar-refractivity contribution in [1.29, 1.82) is 0 Å². The van der Waals surface area contributed by atoms with E-state index in [0.717, 1.165) is 19.1 Å². The molecule has 1 saturated heterocycles. The zero-order valence-electron chi connectivity index (χ0n) is 8.27. The zero-order valence-corrected chi connectivity index (χ0v) is 10.7. The van der Waals surface area contributed by atoms with E-state index in [4.69, 9.17) is 0 Å². The first kappa shape index (κ1) is 11.3. The highest BCUT2D eigenvalue weighted by atomic mass is 79.9. The monoisotopic (exact) mass is 302 g/mol. The quantitative estimate of drug-likeness (QED) is 0.613. The molecule has 4 amide bonds. The molecular weight excluding hydrogens is 296 g/mol. The molecular formula is C9H7BrN2O3S. The van der Waals surface area contributed by atoms with Gasteiger partial charge in [-0.2, -0.15) is 0 Å². The Bertz CT molecular complexity index is 485. The van der Waals surface area contributed by atoms with E-state index in [0.29, 0.717) is 0 Å². The Morgan fingerprint density at radius 1 is 1.31 bits per heavy atom. The lowest BCUT2D eigenvalue weighted by molar-refractivity contribution is -0.143. The summed E-state index contributed by atoms with van der Waals surface area (Å²) in [4.78, 5) is 36.8. The maximum atomic E-state index is 11.5. The van der Waals surface area contributed by atoms with Crippen LogP contribution in [0.5, 0.6) is 0 Å². The Hall–Kier alpha value is -1.21. The molecule has 0 bridgehead atoms. The molecule has 0 N–H and O–H groups in total. The lowest BCUT2D eigenvalue weighted by atomic mass is 10.4. The van der Waals surface area contributed by atoms with Crippen molar-refractivity contribution in [2.45, 2.75) is 6.54 Å². The number of amides is 4. The fraction of sp³-hybridized carbons (Fsp3) is 0.222. The van der Waals surface area contributed by atoms with Crippen molar-refractivity contribution in [2.24, 2.45) is 0 Å². The third kappa shape index (κ3) is 1.76. The molecule has 84 valence electrons. The fourth-order valence-corrected chi connectivity index (χ4v) is 2.78. The summed E-state index contributed by atoms with van der Waals surface area (Å²) in [7, 11) is 1.30. The van der Waals surface area contributed by atoms with Crippen LogP contribution in [-0.4, -0.2) is 34.7 Å². The van der Waals surface area contributed by atoms with Crippen molar-refractivity contribution >= 4 is 45.1 Å². The molecule has 0 radical (unpaired) electrons. The van der Waals surface area contributed by atoms with Crippen molar-refractivity contribution in [3.05, 3.63) is 20.8 Å². The third-order valence-electron chi connectivity index (χ3n) is 2.19. The number of hydrogen-bond acceptors (Lipinski definition) is 4. The average Bonchev–Trinajstić information content (AvgIpc) is 2.73. The smallest absolute Gasteiger partial charge is 0.263 e. The van der Waals surface area contributed by atoms with Crippen molar-refractivity contribution in [3.8, 4) is 0 Å². The van der Waals surface area contributed by atoms with Gasteiger partial charge in [-0.1, -0.05) is 0 Å². The van der Waals surface area contributed by atoms with Crippen LogP contribution in [0.25, 0.3) is 0 Å². The lowest BCUT2D eigenvalue weighted by Crippen LogP contribution is -2.30. The van der Waals surface area contributed by atoms with Crippen molar-refractivity contribution in [3.63, 3.8) is 0 Å². The Labute approximate surface area is 104 Å². The second-order valence-electron chi connectivity index (χ2n) is 3.27. The molecule has 5 nitrogen and oxygen atoms in total. The Morgan fingerprint density at radius 3 is 2.44 bits per heavy atom. The summed E-state index contributed by atoms with van der Waals surface area (Å²) >= 11 is 4.70. The summed E-state index contributed by atoms with van der Waals surface area (Å²) in [6, 6.07) is 1.24. The van der Waals surface area contributed by atoms with Crippen molar-refractivity contribution in [1.82, 2.24) is 9.80 Å². The number of urea groups is 1. The molecule has 0 spiro atoms. The van der Waals surface area contributed by atoms with Gasteiger partial charge in [0.05, 0.1) is 6.54 Å². The van der Waals surface area contributed by atoms with E-state index in [9.17, 15) is 14.4 Å². The predicted octanol–water partition coefficient (Wildman–Crippen LogP) is 1.43. The number of rotatable bonds is 2. The number of imide groups is 2. The summed E-state index contributed by atoms with van der Waals surface area (Å²) < 4.78 is 0.895. The summed E-state index contributed by atoms with van der Waals surface area (Å²) in [5.41, 5.74) is 0. The molecule has 1 aliphatic rings. The number of hydrogen-bond donors (Lipinski definition) is 0. The van der Waals surface area contributed by atoms with E-state index < -0.39 is 17.8 Å². The van der Waals surface area contributed by atoms with Gasteiger partial charge >= 0.3 is 17.8 Å². The van der Waals surface area contributed by atoms with Gasteiger partial charge in [-0.05, 0) is 22.0 Å². The summed E-state index contributed by atoms with van der Waals surface area (Å²) in [6.45, 7) is 0.143. The van der Waals surface area contributed by atoms with E-state index in [1.807, 2.05) is 11.4 Å². The largest absolute Gasteiger partial charge is 0.334 e. The van der Waals surface area contributed by atoms with E-state index in [1.165, 1.54) is 18.4 Å². The standard InChI is InChI=1S/C9H7BrN2O3S/c1-11-7(13)8(14)12(9(11)15)3-6-2-5(10)4-16-6/h2,4H,3H2,1H3. The van der Waals surface area contributed by atoms with Gasteiger partial charge in [-0.25, -0.2) is 4.79 Å². The minimum atomic E-state index is -0.777. The first-order valence-corrected chi connectivity index (χ1v) is 6.04. The average molecular weight is 303 g/mol. The van der Waals surface area contributed by atoms with Gasteiger partial charge in [-0.3, -0.25) is 19.4 Å². The Morgan fingerprint density at radius 2 is 2.00 bits per heavy atom. The van der Waals surface area contributed by atoms with E-state index >= 15 is 0 Å². The number of carbonyl (C=O) groups is 3. The molecule has 0 atom stereocenters. The lowest BCUT2D eigenvalue weighted by Gasteiger charge is -2.10. The number of halogens is 1. The number of carbonyl (C=O) groups excluding carboxylic acids is 3. The minimum Gasteiger partial charge on any atom is -0.263 e. The molecule has 7 heteroatoms. The van der Waals surface area contributed by atoms with Gasteiger partial charge in [0.25, 0.3) is 0 Å². The van der Waals surface area contributed by atoms with Crippen LogP contribution >= 0.6 is 27.3 Å². The SMILES string of the molecule is CN1C(=O)C(=O)N(Cc2cc(Br)cs2)C1=O. The first-order valence-electron chi connectivity index (χ1n) is 4.37. The van der Waals surface area contributed by atoms with Crippen LogP contribution in [0.4, 0.5) is 4.79 Å². The second kappa shape index (κ2) is 3.99. The highest BCUT2D eigenvalue weighted by Gasteiger charge is 2.42. The Kier molecular flexibility index (Phi) is 2.81. The molecule has 0 saturated carbocycles. The third-order valence-corrected chi connectivity index (χ3v) is 3.87. The van der Waals surface area contributed by atoms with Crippen molar-refractivity contribution in [2.75, 3.05) is 7.05 Å². The highest BCUT2D eigenvalue weighted by molar-refractivity contribution is 9.10. The molecule has 0 unspecified atom stereocenters. The molecule has 1 aromatic rings. The molecule has 1 aromatic heterocycles. The van der Waals surface area contributed by atoms with E-state index in [2.05, 4.69) is 15.9 Å². The van der Waals surface area contributed by atoms with Crippen LogP contribution in [-0.2, 0) is 16.1 Å². The fourth-order valence-electron chi connectivity index (χ4n) is 1.35. The number of nitrogens with zero attached hydrogens (tertiary/aromatic N) is 2. The molecule has 0 aromatic carbocycles. The molecule has 2 rings (SSSR count). The second-order valence-corrected chi connectivity index (χ2v) is 5.18. The van der Waals surface area contributed by atoms with E-state index in [-0.39, 0.29) is 6.54 Å². The van der Waals surface area contributed by atoms with Crippen LogP contribution in [0.3, 0.4) is 0 Å². The van der Waals surface area contributed by atoms with Gasteiger partial charge in [0.2, 0.25) is 0 Å². The topological polar surface area (TPSA) is 57.7 Å². The van der Waals surface area contributed by atoms with Crippen LogP contribution in [0.15, 0.2) is 15.9 Å². The maximum Gasteiger partial charge on any atom is 0.334 e. The van der Waals surface area contributed by atoms with Gasteiger partial charge in [0.1, 0.15) is 0 Å². The van der Waals surface area contributed by atoms with Gasteiger partial charge in [-0.15, -0.1) is 11.3 Å². The van der Waals surface area contributed by atoms with Crippen molar-refractivity contribution < 1.29 is 14.4 Å². The number of thiophene rings is 1. The number of likely N-dealkylation sites (N-methyl/N-ethyl adjacent to an activating group) is 1. The van der Waals surface area contributed by atoms with Crippen LogP contribution < -0.4 is 0 Å². The normalized spacial score (nSPS) is 16.5. The van der Waals surface area contributed by atoms with E-state index in [1.54, 1.807) is 0 Å². The van der Waals surface area contributed by atoms with Crippen LogP contribution in [0, 0.1) is 0 Å². The minimum absolute atomic E-state index is 0.143. The first-order chi connectivity index (χ1) is 7.50. The molecule has 16 heavy (non-hydrogen) atoms. The predicted molar refractivity (Wildman–Crippen MR) is 60.7 cm³/mol.